The maximum absolute atomic E-state index is 13.5. The number of rotatable bonds is 14. The van der Waals surface area contributed by atoms with Gasteiger partial charge in [0.05, 0.1) is 33.4 Å². The summed E-state index contributed by atoms with van der Waals surface area (Å²) in [5.41, 5.74) is 7.39. The third kappa shape index (κ3) is 21.5. The summed E-state index contributed by atoms with van der Waals surface area (Å²) in [6.07, 6.45) is 23.1. The summed E-state index contributed by atoms with van der Waals surface area (Å²) in [4.78, 5) is 9.49. The summed E-state index contributed by atoms with van der Waals surface area (Å²) >= 11 is 3.30. The van der Waals surface area contributed by atoms with Gasteiger partial charge in [0, 0.05) is 88.8 Å². The molecule has 1 aliphatic heterocycles. The molecule has 0 N–H and O–H groups in total. The molecule has 1 fully saturated rings. The fourth-order valence-electron chi connectivity index (χ4n) is 14.6. The van der Waals surface area contributed by atoms with E-state index in [2.05, 4.69) is 301 Å². The van der Waals surface area contributed by atoms with E-state index < -0.39 is 35.9 Å². The molecule has 0 bridgehead atoms. The predicted molar refractivity (Wildman–Crippen MR) is 502 cm³/mol. The Morgan fingerprint density at radius 3 is 1.08 bits per heavy atom. The molecular weight excluding hydrogens is 1760 g/mol. The van der Waals surface area contributed by atoms with Crippen molar-refractivity contribution < 1.29 is 42.1 Å². The first-order chi connectivity index (χ1) is 56.0. The van der Waals surface area contributed by atoms with E-state index in [1.807, 2.05) is 38.8 Å². The fraction of sp³-hybridized carbons (Fsp3) is 0.250. The molecule has 14 nitrogen and oxygen atoms in total. The number of aromatic nitrogens is 8. The van der Waals surface area contributed by atoms with Gasteiger partial charge >= 0.3 is 42.1 Å². The van der Waals surface area contributed by atoms with E-state index in [9.17, 15) is 16.8 Å². The Labute approximate surface area is 732 Å². The molecule has 23 heteroatoms. The van der Waals surface area contributed by atoms with E-state index >= 15 is 0 Å². The van der Waals surface area contributed by atoms with E-state index in [1.54, 1.807) is 101 Å². The molecule has 3 aliphatic rings. The van der Waals surface area contributed by atoms with Crippen LogP contribution >= 0.6 is 50.8 Å². The molecule has 0 amide bonds. The minimum atomic E-state index is -3.80. The Morgan fingerprint density at radius 2 is 0.748 bits per heavy atom. The maximum atomic E-state index is 13.5. The Bertz CT molecular complexity index is 5610. The summed E-state index contributed by atoms with van der Waals surface area (Å²) in [5.74, 6) is 1.23. The van der Waals surface area contributed by atoms with Gasteiger partial charge in [-0.1, -0.05) is 287 Å². The number of fused-ring (bicyclic) bond motifs is 2. The van der Waals surface area contributed by atoms with Crippen molar-refractivity contribution in [1.82, 2.24) is 37.5 Å². The molecule has 8 aromatic carbocycles. The fourth-order valence-corrected chi connectivity index (χ4v) is 22.3. The SMILES string of the molecule is C.C.CC1CCC=C(B2OC(C)(C)C(C)(C)O2)C1(C)C.CC1CCC=C(c2cnc3c(c2)c(-c2cnn(C)c2)cn3S(=O)(=O)c2ccccc2)C1(C)C.Cn1cc(-c2cn(S(=O)(=O)c3ccccc3)c3ncc(Br)cc23)cn1.[Cl][Pd][Cl].c1ccc(P(c2ccccc2)c2ccccc2)cc1.c1ccc(P(c2ccccc2)c2ccccc2)cc1. The molecule has 0 radical (unpaired) electrons. The normalized spacial score (nSPS) is 16.2. The molecule has 2 unspecified atom stereocenters. The van der Waals surface area contributed by atoms with Gasteiger partial charge in [-0.3, -0.25) is 9.36 Å². The third-order valence-corrected chi connectivity index (χ3v) is 31.2. The van der Waals surface area contributed by atoms with Gasteiger partial charge < -0.3 is 9.31 Å². The Kier molecular flexibility index (Phi) is 31.9. The number of hydrogen-bond acceptors (Lipinski definition) is 10. The van der Waals surface area contributed by atoms with Crippen molar-refractivity contribution in [2.45, 2.75) is 131 Å². The van der Waals surface area contributed by atoms with Crippen molar-refractivity contribution in [1.29, 1.82) is 0 Å². The average Bonchev–Trinajstić information content (AvgIpc) is 1.61. The van der Waals surface area contributed by atoms with Gasteiger partial charge in [0.15, 0.2) is 11.3 Å². The molecule has 14 aromatic rings. The molecule has 119 heavy (non-hydrogen) atoms. The number of nitrogens with zero attached hydrogens (tertiary/aromatic N) is 8. The Balaban J connectivity index is 0.000000157. The first kappa shape index (κ1) is 92.8. The van der Waals surface area contributed by atoms with Crippen LogP contribution in [0.5, 0.6) is 0 Å². The van der Waals surface area contributed by atoms with Crippen LogP contribution in [0.3, 0.4) is 0 Å². The monoisotopic (exact) mass is 1860 g/mol. The van der Waals surface area contributed by atoms with Crippen molar-refractivity contribution >= 4 is 137 Å². The molecule has 622 valence electrons. The molecule has 6 aromatic heterocycles. The van der Waals surface area contributed by atoms with E-state index in [1.165, 1.54) is 63.7 Å². The molecule has 1 saturated heterocycles. The van der Waals surface area contributed by atoms with Crippen molar-refractivity contribution in [2.75, 3.05) is 0 Å². The van der Waals surface area contributed by atoms with Crippen LogP contribution in [-0.2, 0) is 59.4 Å². The smallest absolute Gasteiger partial charge is 0.0134 e. The number of benzene rings is 8. The first-order valence-corrected chi connectivity index (χ1v) is 49.2. The number of aryl methyl sites for hydroxylation is 2. The summed E-state index contributed by atoms with van der Waals surface area (Å²) in [6, 6.07) is 85.4. The zero-order valence-electron chi connectivity index (χ0n) is 67.8. The van der Waals surface area contributed by atoms with E-state index in [-0.39, 0.29) is 69.7 Å². The van der Waals surface area contributed by atoms with Crippen LogP contribution < -0.4 is 31.8 Å². The van der Waals surface area contributed by atoms with Crippen LogP contribution in [0.2, 0.25) is 0 Å². The standard InChI is InChI=1S/C26H28N4O2S.2C18H15P.C17H13BrN4O2S.C15H27BO2.2CH4.2ClH.Pd/c1-18-9-8-12-24(26(18,2)3)19-13-22-23(20-15-28-29(4)16-20)17-30(25(22)27-14-19)33(31,32)21-10-6-5-7-11-21;2*1-4-10-16(11-5-1)19(17-12-6-2-7-13-17)18-14-8-3-9-15-18;1-21-10-12(8-20-21)16-11-22(17-15(16)7-13(18)9-19-17)25(23,24)14-5-3-2-4-6-14;1-11-9-8-10-12(13(11,2)3)16-17-14(4,5)15(6,7)18-16;;;;;/h5-7,10-18H,8-9H2,1-4H3;2*1-15H;2-11H,1H3;10-11H,8-9H2,1-7H3;2*1H4;2*1H;/q;;;;;;;;;+2/p-2. The minimum absolute atomic E-state index is 0. The van der Waals surface area contributed by atoms with E-state index in [0.29, 0.717) is 23.1 Å². The maximum Gasteiger partial charge on any atom is -0.0134 e. The quantitative estimate of drug-likeness (QED) is 0.0758. The van der Waals surface area contributed by atoms with Gasteiger partial charge in [-0.2, -0.15) is 10.2 Å². The van der Waals surface area contributed by atoms with Crippen LogP contribution in [-0.4, -0.2) is 72.6 Å². The zero-order chi connectivity index (χ0) is 83.3. The minimum Gasteiger partial charge on any atom is -0.0622 e. The number of hydrogen-bond donors (Lipinski definition) is 0. The Morgan fingerprint density at radius 1 is 0.437 bits per heavy atom. The molecule has 7 heterocycles. The first-order valence-electron chi connectivity index (χ1n) is 38.8. The van der Waals surface area contributed by atoms with Crippen LogP contribution in [0.4, 0.5) is 0 Å². The summed E-state index contributed by atoms with van der Waals surface area (Å²) in [6.45, 7) is 22.3. The average molecular weight is 1860 g/mol. The van der Waals surface area contributed by atoms with Crippen LogP contribution in [0.15, 0.2) is 336 Å². The predicted octanol–water partition coefficient (Wildman–Crippen LogP) is 22.5. The number of pyridine rings is 2. The second-order valence-electron chi connectivity index (χ2n) is 31.2. The van der Waals surface area contributed by atoms with Gasteiger partial charge in [0.1, 0.15) is 0 Å². The Hall–Kier alpha value is -8.49. The number of allylic oxidation sites excluding steroid dienone is 4. The molecule has 17 rings (SSSR count). The molecule has 2 atom stereocenters. The topological polar surface area (TPSA) is 158 Å². The van der Waals surface area contributed by atoms with Crippen molar-refractivity contribution in [2.24, 2.45) is 36.8 Å². The van der Waals surface area contributed by atoms with Gasteiger partial charge in [-0.25, -0.2) is 34.7 Å². The largest absolute Gasteiger partial charge is 0.0622 e. The van der Waals surface area contributed by atoms with Crippen LogP contribution in [0.25, 0.3) is 49.9 Å². The third-order valence-electron chi connectivity index (χ3n) is 22.5. The van der Waals surface area contributed by atoms with Gasteiger partial charge in [-0.05, 0) is 193 Å². The van der Waals surface area contributed by atoms with Crippen LogP contribution in [0, 0.1) is 22.7 Å². The molecule has 0 saturated carbocycles. The van der Waals surface area contributed by atoms with Gasteiger partial charge in [0.2, 0.25) is 0 Å². The van der Waals surface area contributed by atoms with E-state index in [4.69, 9.17) is 33.4 Å². The van der Waals surface area contributed by atoms with Gasteiger partial charge in [0.25, 0.3) is 20.0 Å². The molecular formula is C96H106BBrCl2N8O6P2PdS2. The molecule has 0 spiro atoms. The molecule has 2 aliphatic carbocycles. The summed E-state index contributed by atoms with van der Waals surface area (Å²) in [5, 5.41) is 18.4. The van der Waals surface area contributed by atoms with Gasteiger partial charge in [-0.15, -0.1) is 0 Å². The van der Waals surface area contributed by atoms with Crippen molar-refractivity contribution in [3.63, 3.8) is 0 Å². The van der Waals surface area contributed by atoms with Crippen LogP contribution in [0.1, 0.15) is 115 Å². The van der Waals surface area contributed by atoms with Crippen molar-refractivity contribution in [3.05, 3.63) is 332 Å². The zero-order valence-corrected chi connectivity index (χ0v) is 75.8. The summed E-state index contributed by atoms with van der Waals surface area (Å²) in [7, 11) is 4.68. The number of halogens is 3. The second-order valence-corrected chi connectivity index (χ2v) is 42.6. The summed E-state index contributed by atoms with van der Waals surface area (Å²) < 4.78 is 72.3. The second kappa shape index (κ2) is 40.9. The van der Waals surface area contributed by atoms with E-state index in [0.717, 1.165) is 55.9 Å². The van der Waals surface area contributed by atoms with Crippen molar-refractivity contribution in [3.8, 4) is 22.3 Å².